The van der Waals surface area contributed by atoms with E-state index in [-0.39, 0.29) is 0 Å². The maximum atomic E-state index is 2.38. The van der Waals surface area contributed by atoms with Crippen LogP contribution in [0, 0.1) is 0 Å². The minimum Gasteiger partial charge on any atom is -0.0616 e. The number of hydrogen-bond donors (Lipinski definition) is 0. The van der Waals surface area contributed by atoms with Gasteiger partial charge in [-0.05, 0) is 93.3 Å². The molecule has 0 heteroatoms. The van der Waals surface area contributed by atoms with E-state index < -0.39 is 0 Å². The molecule has 0 spiro atoms. The summed E-state index contributed by atoms with van der Waals surface area (Å²) in [6.45, 7) is 0. The van der Waals surface area contributed by atoms with E-state index in [0.29, 0.717) is 0 Å². The summed E-state index contributed by atoms with van der Waals surface area (Å²) in [5, 5.41) is 12.7. The van der Waals surface area contributed by atoms with Gasteiger partial charge < -0.3 is 0 Å². The molecule has 0 unspecified atom stereocenters. The molecule has 9 aromatic rings. The van der Waals surface area contributed by atoms with Gasteiger partial charge in [-0.1, -0.05) is 164 Å². The van der Waals surface area contributed by atoms with Crippen LogP contribution < -0.4 is 0 Å². The van der Waals surface area contributed by atoms with Crippen molar-refractivity contribution in [1.82, 2.24) is 0 Å². The molecule has 0 aliphatic rings. The number of fused-ring (bicyclic) bond motifs is 6. The van der Waals surface area contributed by atoms with Crippen molar-refractivity contribution in [1.29, 1.82) is 0 Å². The van der Waals surface area contributed by atoms with E-state index in [4.69, 9.17) is 0 Å². The fourth-order valence-electron chi connectivity index (χ4n) is 7.29. The van der Waals surface area contributed by atoms with Gasteiger partial charge in [-0.2, -0.15) is 0 Å². The Morgan fingerprint density at radius 2 is 0.614 bits per heavy atom. The summed E-state index contributed by atoms with van der Waals surface area (Å²) in [5.41, 5.74) is 7.56. The smallest absolute Gasteiger partial charge is 0.00201 e. The Balaban J connectivity index is 1.45. The van der Waals surface area contributed by atoms with Gasteiger partial charge in [-0.25, -0.2) is 0 Å². The molecule has 0 heterocycles. The highest BCUT2D eigenvalue weighted by Crippen LogP contribution is 2.46. The first-order valence-corrected chi connectivity index (χ1v) is 15.3. The molecule has 204 valence electrons. The summed E-state index contributed by atoms with van der Waals surface area (Å²) in [7, 11) is 0. The molecule has 0 bridgehead atoms. The molecule has 0 saturated heterocycles. The summed E-state index contributed by atoms with van der Waals surface area (Å²) in [6.07, 6.45) is 0. The maximum absolute atomic E-state index is 2.38. The zero-order chi connectivity index (χ0) is 29.0. The van der Waals surface area contributed by atoms with E-state index in [1.165, 1.54) is 87.2 Å². The largest absolute Gasteiger partial charge is 0.0616 e. The van der Waals surface area contributed by atoms with Gasteiger partial charge >= 0.3 is 0 Å². The van der Waals surface area contributed by atoms with E-state index in [1.807, 2.05) is 0 Å². The number of rotatable bonds is 3. The lowest BCUT2D eigenvalue weighted by Gasteiger charge is -2.19. The highest BCUT2D eigenvalue weighted by Gasteiger charge is 2.18. The van der Waals surface area contributed by atoms with Crippen LogP contribution in [0.3, 0.4) is 0 Å². The predicted molar refractivity (Wildman–Crippen MR) is 190 cm³/mol. The first-order valence-electron chi connectivity index (χ1n) is 15.3. The molecule has 9 rings (SSSR count). The van der Waals surface area contributed by atoms with Gasteiger partial charge in [0.1, 0.15) is 0 Å². The van der Waals surface area contributed by atoms with Crippen molar-refractivity contribution in [2.24, 2.45) is 0 Å². The second-order valence-corrected chi connectivity index (χ2v) is 11.6. The van der Waals surface area contributed by atoms with E-state index >= 15 is 0 Å². The summed E-state index contributed by atoms with van der Waals surface area (Å²) in [5.74, 6) is 0. The normalized spacial score (nSPS) is 11.6. The quantitative estimate of drug-likeness (QED) is 0.190. The highest BCUT2D eigenvalue weighted by molar-refractivity contribution is 6.21. The van der Waals surface area contributed by atoms with Crippen molar-refractivity contribution in [2.45, 2.75) is 0 Å². The van der Waals surface area contributed by atoms with Gasteiger partial charge in [0.2, 0.25) is 0 Å². The molecular formula is C44H28. The molecule has 44 heavy (non-hydrogen) atoms. The van der Waals surface area contributed by atoms with Crippen LogP contribution in [0.25, 0.3) is 87.2 Å². The van der Waals surface area contributed by atoms with Crippen molar-refractivity contribution in [2.75, 3.05) is 0 Å². The van der Waals surface area contributed by atoms with E-state index in [9.17, 15) is 0 Å². The molecule has 0 fully saturated rings. The summed E-state index contributed by atoms with van der Waals surface area (Å²) in [4.78, 5) is 0. The second kappa shape index (κ2) is 9.93. The average Bonchev–Trinajstić information content (AvgIpc) is 3.10. The molecule has 0 aliphatic heterocycles. The highest BCUT2D eigenvalue weighted by atomic mass is 14.2. The summed E-state index contributed by atoms with van der Waals surface area (Å²) < 4.78 is 0. The Kier molecular flexibility index (Phi) is 5.61. The van der Waals surface area contributed by atoms with Crippen LogP contribution >= 0.6 is 0 Å². The molecule has 0 saturated carbocycles. The molecule has 0 aliphatic carbocycles. The molecule has 0 N–H and O–H groups in total. The van der Waals surface area contributed by atoms with Gasteiger partial charge in [0, 0.05) is 0 Å². The van der Waals surface area contributed by atoms with Crippen LogP contribution in [0.5, 0.6) is 0 Å². The molecule has 9 aromatic carbocycles. The Labute approximate surface area is 256 Å². The third-order valence-corrected chi connectivity index (χ3v) is 9.26. The zero-order valence-electron chi connectivity index (χ0n) is 24.2. The van der Waals surface area contributed by atoms with Crippen molar-refractivity contribution >= 4 is 53.9 Å². The lowest BCUT2D eigenvalue weighted by molar-refractivity contribution is 1.65. The second-order valence-electron chi connectivity index (χ2n) is 11.6. The monoisotopic (exact) mass is 556 g/mol. The van der Waals surface area contributed by atoms with Crippen LogP contribution in [0.4, 0.5) is 0 Å². The summed E-state index contributed by atoms with van der Waals surface area (Å²) >= 11 is 0. The molecule has 0 aromatic heterocycles. The van der Waals surface area contributed by atoms with Crippen LogP contribution in [-0.4, -0.2) is 0 Å². The molecule has 0 amide bonds. The minimum atomic E-state index is 1.25. The van der Waals surface area contributed by atoms with Crippen LogP contribution in [0.1, 0.15) is 0 Å². The fraction of sp³-hybridized carbons (Fsp3) is 0. The molecule has 0 atom stereocenters. The Morgan fingerprint density at radius 3 is 1.30 bits per heavy atom. The fourth-order valence-corrected chi connectivity index (χ4v) is 7.29. The number of benzene rings is 9. The zero-order valence-corrected chi connectivity index (χ0v) is 24.2. The van der Waals surface area contributed by atoms with Crippen molar-refractivity contribution in [3.63, 3.8) is 0 Å². The summed E-state index contributed by atoms with van der Waals surface area (Å²) in [6, 6.07) is 62.4. The van der Waals surface area contributed by atoms with Gasteiger partial charge in [0.25, 0.3) is 0 Å². The third-order valence-electron chi connectivity index (χ3n) is 9.26. The molecular weight excluding hydrogens is 528 g/mol. The lowest BCUT2D eigenvalue weighted by atomic mass is 9.84. The van der Waals surface area contributed by atoms with Crippen molar-refractivity contribution in [3.8, 4) is 33.4 Å². The Bertz CT molecular complexity index is 2450. The van der Waals surface area contributed by atoms with Gasteiger partial charge in [-0.3, -0.25) is 0 Å². The standard InChI is InChI=1S/C44H28/c1-4-17-32-29(12-1)15-9-22-36(32)40-24-11-25-41-39(43-28-31-14-3-6-19-34(31)35-20-7-8-21-38(35)43)26-27-42(44(40)41)37-23-10-16-30-13-2-5-18-33(30)37/h1-28H. The third kappa shape index (κ3) is 3.78. The van der Waals surface area contributed by atoms with E-state index in [1.54, 1.807) is 0 Å². The van der Waals surface area contributed by atoms with Crippen LogP contribution in [0.15, 0.2) is 170 Å². The molecule has 0 radical (unpaired) electrons. The van der Waals surface area contributed by atoms with Crippen molar-refractivity contribution in [3.05, 3.63) is 170 Å². The topological polar surface area (TPSA) is 0 Å². The number of hydrogen-bond acceptors (Lipinski definition) is 0. The van der Waals surface area contributed by atoms with Gasteiger partial charge in [0.15, 0.2) is 0 Å². The average molecular weight is 557 g/mol. The minimum absolute atomic E-state index is 1.25. The lowest BCUT2D eigenvalue weighted by Crippen LogP contribution is -1.92. The molecule has 0 nitrogen and oxygen atoms in total. The maximum Gasteiger partial charge on any atom is -0.00201 e. The van der Waals surface area contributed by atoms with Gasteiger partial charge in [-0.15, -0.1) is 0 Å². The first kappa shape index (κ1) is 24.8. The Hall–Kier alpha value is -5.72. The first-order chi connectivity index (χ1) is 21.8. The predicted octanol–water partition coefficient (Wildman–Crippen LogP) is 12.5. The SMILES string of the molecule is c1ccc2c(-c3cccc4c(-c5cc6ccccc6c6ccccc56)ccc(-c5cccc6ccccc56)c34)cccc2c1. The van der Waals surface area contributed by atoms with Crippen molar-refractivity contribution < 1.29 is 0 Å². The van der Waals surface area contributed by atoms with E-state index in [2.05, 4.69) is 170 Å². The van der Waals surface area contributed by atoms with Gasteiger partial charge in [0.05, 0.1) is 0 Å². The van der Waals surface area contributed by atoms with E-state index in [0.717, 1.165) is 0 Å². The van der Waals surface area contributed by atoms with Crippen LogP contribution in [-0.2, 0) is 0 Å². The Morgan fingerprint density at radius 1 is 0.205 bits per heavy atom. The van der Waals surface area contributed by atoms with Crippen LogP contribution in [0.2, 0.25) is 0 Å².